The van der Waals surface area contributed by atoms with E-state index in [1.807, 2.05) is 6.92 Å². The average Bonchev–Trinajstić information content (AvgIpc) is 2.65. The molecule has 0 saturated carbocycles. The van der Waals surface area contributed by atoms with Gasteiger partial charge in [0.25, 0.3) is 0 Å². The second kappa shape index (κ2) is 8.27. The first-order chi connectivity index (χ1) is 12.1. The highest BCUT2D eigenvalue weighted by Gasteiger charge is 2.23. The molecule has 0 aromatic carbocycles. The summed E-state index contributed by atoms with van der Waals surface area (Å²) in [5, 5.41) is 19.1. The summed E-state index contributed by atoms with van der Waals surface area (Å²) < 4.78 is 0. The van der Waals surface area contributed by atoms with Crippen LogP contribution < -0.4 is 4.90 Å². The van der Waals surface area contributed by atoms with E-state index in [0.29, 0.717) is 34.0 Å². The second-order valence-electron chi connectivity index (χ2n) is 5.40. The molecule has 0 radical (unpaired) electrons. The van der Waals surface area contributed by atoms with Gasteiger partial charge in [0.1, 0.15) is 29.3 Å². The number of rotatable bonds is 6. The topological polar surface area (TPSA) is 93.7 Å². The van der Waals surface area contributed by atoms with Crippen LogP contribution in [0.25, 0.3) is 0 Å². The highest BCUT2D eigenvalue weighted by Crippen LogP contribution is 2.38. The van der Waals surface area contributed by atoms with Gasteiger partial charge >= 0.3 is 0 Å². The van der Waals surface area contributed by atoms with E-state index in [1.54, 1.807) is 43.5 Å². The van der Waals surface area contributed by atoms with Gasteiger partial charge < -0.3 is 9.69 Å². The summed E-state index contributed by atoms with van der Waals surface area (Å²) in [6, 6.07) is 7.83. The first-order valence-electron chi connectivity index (χ1n) is 7.63. The zero-order valence-electron chi connectivity index (χ0n) is 14.2. The largest absolute Gasteiger partial charge is 0.362 e. The molecule has 0 aliphatic rings. The SMILES string of the molecule is CCc1c(C#N)c(SC(C=O)c2ccncc2)nc(N(C)C)c1C#N. The van der Waals surface area contributed by atoms with Crippen molar-refractivity contribution in [2.75, 3.05) is 19.0 Å². The Labute approximate surface area is 151 Å². The quantitative estimate of drug-likeness (QED) is 0.583. The molecular weight excluding hydrogens is 334 g/mol. The molecule has 7 heteroatoms. The lowest BCUT2D eigenvalue weighted by Crippen LogP contribution is -2.16. The smallest absolute Gasteiger partial charge is 0.147 e. The number of nitrogens with zero attached hydrogens (tertiary/aromatic N) is 5. The predicted octanol–water partition coefficient (Wildman–Crippen LogP) is 2.88. The summed E-state index contributed by atoms with van der Waals surface area (Å²) in [6.07, 6.45) is 4.59. The molecular formula is C18H17N5OS. The first kappa shape index (κ1) is 18.4. The van der Waals surface area contributed by atoms with Crippen LogP contribution in [0.2, 0.25) is 0 Å². The Morgan fingerprint density at radius 2 is 1.88 bits per heavy atom. The van der Waals surface area contributed by atoms with Crippen molar-refractivity contribution in [2.24, 2.45) is 0 Å². The van der Waals surface area contributed by atoms with Crippen LogP contribution in [0.4, 0.5) is 5.82 Å². The van der Waals surface area contributed by atoms with Gasteiger partial charge in [-0.3, -0.25) is 4.98 Å². The summed E-state index contributed by atoms with van der Waals surface area (Å²) >= 11 is 1.21. The van der Waals surface area contributed by atoms with Crippen LogP contribution in [0.5, 0.6) is 0 Å². The standard InChI is InChI=1S/C18H17N5OS/c1-4-13-14(9-19)17(23(2)3)22-18(15(13)10-20)25-16(11-24)12-5-7-21-8-6-12/h5-8,11,16H,4H2,1-3H3. The molecule has 0 amide bonds. The monoisotopic (exact) mass is 351 g/mol. The van der Waals surface area contributed by atoms with E-state index in [-0.39, 0.29) is 0 Å². The summed E-state index contributed by atoms with van der Waals surface area (Å²) in [5.74, 6) is 0.500. The Morgan fingerprint density at radius 1 is 1.24 bits per heavy atom. The number of hydrogen-bond donors (Lipinski definition) is 0. The minimum atomic E-state index is -0.504. The Morgan fingerprint density at radius 3 is 2.36 bits per heavy atom. The molecule has 25 heavy (non-hydrogen) atoms. The van der Waals surface area contributed by atoms with Crippen LogP contribution in [-0.4, -0.2) is 30.3 Å². The maximum Gasteiger partial charge on any atom is 0.147 e. The van der Waals surface area contributed by atoms with Crippen molar-refractivity contribution in [2.45, 2.75) is 23.6 Å². The summed E-state index contributed by atoms with van der Waals surface area (Å²) in [5.41, 5.74) is 2.20. The number of hydrogen-bond acceptors (Lipinski definition) is 7. The Kier molecular flexibility index (Phi) is 6.10. The molecule has 2 aromatic heterocycles. The van der Waals surface area contributed by atoms with E-state index in [2.05, 4.69) is 22.1 Å². The molecule has 0 bridgehead atoms. The van der Waals surface area contributed by atoms with Crippen molar-refractivity contribution in [3.05, 3.63) is 46.8 Å². The fraction of sp³-hybridized carbons (Fsp3) is 0.278. The molecule has 0 saturated heterocycles. The van der Waals surface area contributed by atoms with Gasteiger partial charge in [-0.05, 0) is 29.7 Å². The molecule has 0 aliphatic heterocycles. The normalized spacial score (nSPS) is 11.2. The Hall–Kier alpha value is -2.90. The van der Waals surface area contributed by atoms with Gasteiger partial charge in [-0.25, -0.2) is 4.98 Å². The number of thioether (sulfide) groups is 1. The van der Waals surface area contributed by atoms with Crippen molar-refractivity contribution in [1.82, 2.24) is 9.97 Å². The average molecular weight is 351 g/mol. The number of pyridine rings is 2. The predicted molar refractivity (Wildman–Crippen MR) is 96.3 cm³/mol. The number of nitriles is 2. The van der Waals surface area contributed by atoms with Crippen molar-refractivity contribution in [3.63, 3.8) is 0 Å². The van der Waals surface area contributed by atoms with E-state index in [4.69, 9.17) is 0 Å². The van der Waals surface area contributed by atoms with Gasteiger partial charge in [0, 0.05) is 26.5 Å². The molecule has 2 aromatic rings. The minimum absolute atomic E-state index is 0.357. The number of aldehydes is 1. The van der Waals surface area contributed by atoms with E-state index < -0.39 is 5.25 Å². The van der Waals surface area contributed by atoms with E-state index in [0.717, 1.165) is 11.8 Å². The zero-order valence-corrected chi connectivity index (χ0v) is 15.0. The van der Waals surface area contributed by atoms with Crippen molar-refractivity contribution >= 4 is 23.9 Å². The van der Waals surface area contributed by atoms with Crippen LogP contribution in [0.3, 0.4) is 0 Å². The third-order valence-corrected chi connectivity index (χ3v) is 4.80. The molecule has 0 spiro atoms. The zero-order chi connectivity index (χ0) is 18.4. The fourth-order valence-corrected chi connectivity index (χ4v) is 3.46. The van der Waals surface area contributed by atoms with Crippen LogP contribution in [0.15, 0.2) is 29.6 Å². The van der Waals surface area contributed by atoms with Crippen molar-refractivity contribution < 1.29 is 4.79 Å². The third kappa shape index (κ3) is 3.78. The second-order valence-corrected chi connectivity index (χ2v) is 6.53. The number of carbonyl (C=O) groups excluding carboxylic acids is 1. The molecule has 0 N–H and O–H groups in total. The molecule has 1 unspecified atom stereocenters. The van der Waals surface area contributed by atoms with Gasteiger partial charge in [0.15, 0.2) is 0 Å². The van der Waals surface area contributed by atoms with Crippen LogP contribution in [0, 0.1) is 22.7 Å². The molecule has 2 heterocycles. The van der Waals surface area contributed by atoms with Crippen LogP contribution in [0.1, 0.15) is 34.4 Å². The lowest BCUT2D eigenvalue weighted by atomic mass is 10.0. The third-order valence-electron chi connectivity index (χ3n) is 3.65. The van der Waals surface area contributed by atoms with E-state index in [1.165, 1.54) is 11.8 Å². The van der Waals surface area contributed by atoms with Gasteiger partial charge in [-0.15, -0.1) is 0 Å². The number of carbonyl (C=O) groups is 1. The highest BCUT2D eigenvalue weighted by molar-refractivity contribution is 8.00. The molecule has 0 fully saturated rings. The molecule has 1 atom stereocenters. The van der Waals surface area contributed by atoms with Gasteiger partial charge in [0.2, 0.25) is 0 Å². The van der Waals surface area contributed by atoms with Crippen LogP contribution in [-0.2, 0) is 11.2 Å². The highest BCUT2D eigenvalue weighted by atomic mass is 32.2. The molecule has 126 valence electrons. The molecule has 0 aliphatic carbocycles. The first-order valence-corrected chi connectivity index (χ1v) is 8.51. The van der Waals surface area contributed by atoms with E-state index >= 15 is 0 Å². The lowest BCUT2D eigenvalue weighted by molar-refractivity contribution is -0.107. The number of aromatic nitrogens is 2. The lowest BCUT2D eigenvalue weighted by Gasteiger charge is -2.19. The van der Waals surface area contributed by atoms with Gasteiger partial charge in [0.05, 0.1) is 16.4 Å². The van der Waals surface area contributed by atoms with Crippen molar-refractivity contribution in [1.29, 1.82) is 10.5 Å². The maximum atomic E-state index is 11.6. The molecule has 2 rings (SSSR count). The number of anilines is 1. The maximum absolute atomic E-state index is 11.6. The minimum Gasteiger partial charge on any atom is -0.362 e. The van der Waals surface area contributed by atoms with Gasteiger partial charge in [-0.2, -0.15) is 10.5 Å². The van der Waals surface area contributed by atoms with Crippen molar-refractivity contribution in [3.8, 4) is 12.1 Å². The Bertz CT molecular complexity index is 852. The van der Waals surface area contributed by atoms with Gasteiger partial charge in [-0.1, -0.05) is 18.7 Å². The van der Waals surface area contributed by atoms with Crippen LogP contribution >= 0.6 is 11.8 Å². The summed E-state index contributed by atoms with van der Waals surface area (Å²) in [4.78, 5) is 21.8. The summed E-state index contributed by atoms with van der Waals surface area (Å²) in [7, 11) is 3.59. The summed E-state index contributed by atoms with van der Waals surface area (Å²) in [6.45, 7) is 1.89. The van der Waals surface area contributed by atoms with E-state index in [9.17, 15) is 15.3 Å². The Balaban J connectivity index is 2.61. The molecule has 6 nitrogen and oxygen atoms in total. The fourth-order valence-electron chi connectivity index (χ4n) is 2.44.